The van der Waals surface area contributed by atoms with E-state index in [1.54, 1.807) is 0 Å². The molecule has 3 rings (SSSR count). The predicted molar refractivity (Wildman–Crippen MR) is 100 cm³/mol. The van der Waals surface area contributed by atoms with Crippen LogP contribution in [0.4, 0.5) is 0 Å². The van der Waals surface area contributed by atoms with Crippen LogP contribution in [0.3, 0.4) is 0 Å². The molecule has 0 aliphatic carbocycles. The first-order valence-corrected chi connectivity index (χ1v) is 10.1. The van der Waals surface area contributed by atoms with Crippen LogP contribution in [0.25, 0.3) is 0 Å². The van der Waals surface area contributed by atoms with Crippen LogP contribution in [0.2, 0.25) is 0 Å². The molecule has 3 aromatic rings. The molecule has 0 aliphatic heterocycles. The van der Waals surface area contributed by atoms with Crippen molar-refractivity contribution in [3.63, 3.8) is 0 Å². The Balaban J connectivity index is 0.00000225. The van der Waals surface area contributed by atoms with Crippen LogP contribution in [-0.2, 0) is 0 Å². The minimum Gasteiger partial charge on any atom is -1.00 e. The minimum atomic E-state index is -2.12. The van der Waals surface area contributed by atoms with Crippen molar-refractivity contribution in [3.8, 4) is 0 Å². The number of aryl methyl sites for hydroxylation is 3. The topological polar surface area (TPSA) is 39.4 Å². The van der Waals surface area contributed by atoms with Gasteiger partial charge in [0.25, 0.3) is 16.5 Å². The number of rotatable bonds is 5. The second-order valence-corrected chi connectivity index (χ2v) is 9.73. The van der Waals surface area contributed by atoms with E-state index >= 15 is 0 Å². The van der Waals surface area contributed by atoms with Gasteiger partial charge in [-0.1, -0.05) is 5.57 Å². The van der Waals surface area contributed by atoms with Crippen molar-refractivity contribution >= 4 is 23.8 Å². The van der Waals surface area contributed by atoms with Gasteiger partial charge in [0, 0.05) is 18.2 Å². The van der Waals surface area contributed by atoms with Gasteiger partial charge < -0.3 is 30.2 Å². The Morgan fingerprint density at radius 1 is 0.760 bits per heavy atom. The predicted octanol–water partition coefficient (Wildman–Crippen LogP) is 1.65. The summed E-state index contributed by atoms with van der Waals surface area (Å²) in [6, 6.07) is 12.2. The van der Waals surface area contributed by atoms with E-state index in [1.807, 2.05) is 39.0 Å². The first-order valence-electron chi connectivity index (χ1n) is 8.14. The molecule has 0 aromatic carbocycles. The van der Waals surface area contributed by atoms with Crippen LogP contribution in [-0.4, -0.2) is 6.16 Å². The molecule has 0 saturated heterocycles. The zero-order valence-corrected chi connectivity index (χ0v) is 17.8. The van der Waals surface area contributed by atoms with Crippen molar-refractivity contribution in [1.82, 2.24) is 0 Å². The van der Waals surface area contributed by atoms with Crippen molar-refractivity contribution in [1.29, 1.82) is 0 Å². The summed E-state index contributed by atoms with van der Waals surface area (Å²) in [5.41, 5.74) is 4.11. The Bertz CT molecular complexity index is 767. The van der Waals surface area contributed by atoms with Crippen molar-refractivity contribution in [2.75, 3.05) is 6.16 Å². The standard InChI is InChI=1S/C20H24O3P.BrH/c1-14(2)12-13-24(18-9-6-15(3)21-18,19-10-7-16(4)22-19)20-11-8-17(5)23-20;/h6-12H,13H2,1-5H3;1H/q+1;/p-1. The van der Waals surface area contributed by atoms with Gasteiger partial charge in [-0.3, -0.25) is 0 Å². The van der Waals surface area contributed by atoms with Crippen LogP contribution in [0.1, 0.15) is 31.1 Å². The maximum atomic E-state index is 6.11. The van der Waals surface area contributed by atoms with Gasteiger partial charge in [0.2, 0.25) is 7.26 Å². The molecule has 3 aromatic heterocycles. The summed E-state index contributed by atoms with van der Waals surface area (Å²) in [5, 5.41) is 0. The average molecular weight is 423 g/mol. The van der Waals surface area contributed by atoms with Crippen LogP contribution in [0.5, 0.6) is 0 Å². The van der Waals surface area contributed by atoms with E-state index in [2.05, 4.69) is 38.1 Å². The highest BCUT2D eigenvalue weighted by molar-refractivity contribution is 7.95. The number of allylic oxidation sites excluding steroid dienone is 2. The average Bonchev–Trinajstić information content (AvgIpc) is 3.23. The number of halogens is 1. The molecule has 0 amide bonds. The molecule has 3 heterocycles. The van der Waals surface area contributed by atoms with Crippen LogP contribution in [0.15, 0.2) is 61.3 Å². The smallest absolute Gasteiger partial charge is 0.263 e. The molecule has 0 N–H and O–H groups in total. The van der Waals surface area contributed by atoms with Crippen molar-refractivity contribution in [2.45, 2.75) is 34.6 Å². The first kappa shape index (κ1) is 19.8. The summed E-state index contributed by atoms with van der Waals surface area (Å²) in [6.07, 6.45) is 3.07. The number of hydrogen-bond acceptors (Lipinski definition) is 3. The van der Waals surface area contributed by atoms with Crippen molar-refractivity contribution in [2.24, 2.45) is 0 Å². The zero-order chi connectivity index (χ0) is 17.3. The fourth-order valence-corrected chi connectivity index (χ4v) is 6.51. The Labute approximate surface area is 160 Å². The first-order chi connectivity index (χ1) is 11.4. The summed E-state index contributed by atoms with van der Waals surface area (Å²) in [4.78, 5) is 0. The molecule has 0 fully saturated rings. The molecule has 5 heteroatoms. The third-order valence-electron chi connectivity index (χ3n) is 4.08. The fraction of sp³-hybridized carbons (Fsp3) is 0.300. The monoisotopic (exact) mass is 422 g/mol. The normalized spacial score (nSPS) is 11.2. The highest BCUT2D eigenvalue weighted by Gasteiger charge is 2.53. The van der Waals surface area contributed by atoms with Gasteiger partial charge >= 0.3 is 0 Å². The highest BCUT2D eigenvalue weighted by atomic mass is 79.9. The SMILES string of the molecule is CC(C)=CC[P+](c1ccc(C)o1)(c1ccc(C)o1)c1ccc(C)o1.[Br-]. The van der Waals surface area contributed by atoms with E-state index in [-0.39, 0.29) is 17.0 Å². The zero-order valence-electron chi connectivity index (χ0n) is 15.3. The molecule has 134 valence electrons. The lowest BCUT2D eigenvalue weighted by molar-refractivity contribution is -0.00000695. The third-order valence-corrected chi connectivity index (χ3v) is 7.79. The summed E-state index contributed by atoms with van der Waals surface area (Å²) in [7, 11) is -2.12. The quantitative estimate of drug-likeness (QED) is 0.463. The molecule has 0 radical (unpaired) electrons. The lowest BCUT2D eigenvalue weighted by atomic mass is 10.3. The van der Waals surface area contributed by atoms with Crippen molar-refractivity contribution < 1.29 is 30.2 Å². The molecular weight excluding hydrogens is 399 g/mol. The third kappa shape index (κ3) is 3.86. The number of furan rings is 3. The van der Waals surface area contributed by atoms with Gasteiger partial charge in [0.05, 0.1) is 0 Å². The Hall–Kier alpha value is -1.51. The number of hydrogen-bond donors (Lipinski definition) is 0. The molecule has 25 heavy (non-hydrogen) atoms. The van der Waals surface area contributed by atoms with Gasteiger partial charge in [-0.2, -0.15) is 0 Å². The summed E-state index contributed by atoms with van der Waals surface area (Å²) in [6.45, 7) is 10.1. The van der Waals surface area contributed by atoms with E-state index < -0.39 is 7.26 Å². The fourth-order valence-electron chi connectivity index (χ4n) is 2.80. The van der Waals surface area contributed by atoms with Crippen LogP contribution in [0, 0.1) is 20.8 Å². The Morgan fingerprint density at radius 2 is 1.12 bits per heavy atom. The van der Waals surface area contributed by atoms with E-state index in [4.69, 9.17) is 13.3 Å². The lowest BCUT2D eigenvalue weighted by Gasteiger charge is -2.18. The molecule has 0 unspecified atom stereocenters. The molecule has 3 nitrogen and oxygen atoms in total. The van der Waals surface area contributed by atoms with Crippen LogP contribution < -0.4 is 33.5 Å². The van der Waals surface area contributed by atoms with Gasteiger partial charge in [-0.25, -0.2) is 0 Å². The van der Waals surface area contributed by atoms with E-state index in [9.17, 15) is 0 Å². The highest BCUT2D eigenvalue weighted by Crippen LogP contribution is 2.56. The minimum absolute atomic E-state index is 0. The maximum absolute atomic E-state index is 6.11. The lowest BCUT2D eigenvalue weighted by Crippen LogP contribution is -3.00. The van der Waals surface area contributed by atoms with Gasteiger partial charge in [-0.15, -0.1) is 0 Å². The molecule has 0 bridgehead atoms. The molecule has 0 aliphatic rings. The molecule has 0 atom stereocenters. The van der Waals surface area contributed by atoms with Crippen molar-refractivity contribution in [3.05, 3.63) is 65.3 Å². The van der Waals surface area contributed by atoms with Gasteiger partial charge in [0.1, 0.15) is 23.4 Å². The van der Waals surface area contributed by atoms with Gasteiger partial charge in [0.15, 0.2) is 0 Å². The second kappa shape index (κ2) is 7.80. The Kier molecular flexibility index (Phi) is 6.18. The maximum Gasteiger partial charge on any atom is 0.263 e. The molecule has 0 saturated carbocycles. The molecule has 0 spiro atoms. The van der Waals surface area contributed by atoms with Crippen LogP contribution >= 0.6 is 7.26 Å². The van der Waals surface area contributed by atoms with E-state index in [0.717, 1.165) is 39.9 Å². The second-order valence-electron chi connectivity index (χ2n) is 6.43. The summed E-state index contributed by atoms with van der Waals surface area (Å²) in [5.74, 6) is 2.70. The summed E-state index contributed by atoms with van der Waals surface area (Å²) >= 11 is 0. The largest absolute Gasteiger partial charge is 1.00 e. The Morgan fingerprint density at radius 3 is 1.36 bits per heavy atom. The molecular formula is C20H24BrO3P. The van der Waals surface area contributed by atoms with E-state index in [1.165, 1.54) is 5.57 Å². The summed E-state index contributed by atoms with van der Waals surface area (Å²) < 4.78 is 18.3. The van der Waals surface area contributed by atoms with E-state index in [0.29, 0.717) is 0 Å². The van der Waals surface area contributed by atoms with Gasteiger partial charge in [-0.05, 0) is 58.9 Å².